The minimum Gasteiger partial charge on any atom is -0.353 e. The number of amides is 1. The predicted molar refractivity (Wildman–Crippen MR) is 58.3 cm³/mol. The van der Waals surface area contributed by atoms with Crippen LogP contribution in [0.5, 0.6) is 0 Å². The highest BCUT2D eigenvalue weighted by Gasteiger charge is 2.18. The topological polar surface area (TPSA) is 98.7 Å². The van der Waals surface area contributed by atoms with E-state index < -0.39 is 6.04 Å². The van der Waals surface area contributed by atoms with Gasteiger partial charge in [-0.15, -0.1) is 5.10 Å². The number of nitrogens with one attached hydrogen (secondary N) is 1. The molecule has 2 atom stereocenters. The average molecular weight is 226 g/mol. The number of rotatable bonds is 6. The number of aromatic nitrogens is 4. The van der Waals surface area contributed by atoms with Crippen molar-refractivity contribution in [1.82, 2.24) is 25.5 Å². The summed E-state index contributed by atoms with van der Waals surface area (Å²) in [4.78, 5) is 11.6. The summed E-state index contributed by atoms with van der Waals surface area (Å²) in [7, 11) is 0. The summed E-state index contributed by atoms with van der Waals surface area (Å²) in [5.41, 5.74) is 5.77. The number of tetrazole rings is 1. The molecule has 0 saturated heterocycles. The van der Waals surface area contributed by atoms with Crippen molar-refractivity contribution >= 4 is 5.91 Å². The van der Waals surface area contributed by atoms with Crippen molar-refractivity contribution in [3.63, 3.8) is 0 Å². The Labute approximate surface area is 94.4 Å². The van der Waals surface area contributed by atoms with Gasteiger partial charge < -0.3 is 11.1 Å². The molecule has 0 aliphatic carbocycles. The molecule has 0 aromatic carbocycles. The lowest BCUT2D eigenvalue weighted by Gasteiger charge is -2.17. The molecule has 3 N–H and O–H groups in total. The van der Waals surface area contributed by atoms with Gasteiger partial charge in [0, 0.05) is 6.54 Å². The first-order chi connectivity index (χ1) is 7.65. The normalized spacial score (nSPS) is 14.4. The Bertz CT molecular complexity index is 312. The van der Waals surface area contributed by atoms with E-state index in [1.54, 1.807) is 4.68 Å². The molecule has 90 valence electrons. The van der Waals surface area contributed by atoms with E-state index in [2.05, 4.69) is 20.8 Å². The fourth-order valence-corrected chi connectivity index (χ4v) is 1.21. The molecule has 0 bridgehead atoms. The van der Waals surface area contributed by atoms with Crippen molar-refractivity contribution in [3.05, 3.63) is 6.33 Å². The first kappa shape index (κ1) is 12.6. The lowest BCUT2D eigenvalue weighted by atomic mass is 9.99. The SMILES string of the molecule is CCC(C)[C@H](N)C(=O)NCCn1cnnn1. The van der Waals surface area contributed by atoms with E-state index in [1.165, 1.54) is 6.33 Å². The summed E-state index contributed by atoms with van der Waals surface area (Å²) in [6, 6.07) is -0.445. The molecular formula is C9H18N6O. The van der Waals surface area contributed by atoms with Crippen molar-refractivity contribution in [2.24, 2.45) is 11.7 Å². The van der Waals surface area contributed by atoms with Gasteiger partial charge in [-0.25, -0.2) is 4.68 Å². The van der Waals surface area contributed by atoms with Crippen LogP contribution in [-0.2, 0) is 11.3 Å². The highest BCUT2D eigenvalue weighted by Crippen LogP contribution is 2.04. The van der Waals surface area contributed by atoms with Crippen molar-refractivity contribution in [3.8, 4) is 0 Å². The van der Waals surface area contributed by atoms with Crippen molar-refractivity contribution in [2.75, 3.05) is 6.54 Å². The van der Waals surface area contributed by atoms with Crippen molar-refractivity contribution < 1.29 is 4.79 Å². The van der Waals surface area contributed by atoms with Crippen LogP contribution in [-0.4, -0.2) is 38.7 Å². The molecule has 1 amide bonds. The molecule has 7 heteroatoms. The summed E-state index contributed by atoms with van der Waals surface area (Å²) >= 11 is 0. The maximum absolute atomic E-state index is 11.6. The number of nitrogens with two attached hydrogens (primary N) is 1. The summed E-state index contributed by atoms with van der Waals surface area (Å²) in [6.07, 6.45) is 2.39. The molecule has 0 radical (unpaired) electrons. The zero-order chi connectivity index (χ0) is 12.0. The third kappa shape index (κ3) is 3.58. The Morgan fingerprint density at radius 2 is 2.38 bits per heavy atom. The lowest BCUT2D eigenvalue weighted by molar-refractivity contribution is -0.123. The van der Waals surface area contributed by atoms with Gasteiger partial charge in [0.2, 0.25) is 5.91 Å². The van der Waals surface area contributed by atoms with Crippen LogP contribution in [0.25, 0.3) is 0 Å². The zero-order valence-electron chi connectivity index (χ0n) is 9.63. The average Bonchev–Trinajstić information content (AvgIpc) is 2.79. The molecule has 7 nitrogen and oxygen atoms in total. The van der Waals surface area contributed by atoms with Crippen LogP contribution >= 0.6 is 0 Å². The van der Waals surface area contributed by atoms with Gasteiger partial charge in [-0.05, 0) is 16.3 Å². The van der Waals surface area contributed by atoms with Gasteiger partial charge in [-0.1, -0.05) is 20.3 Å². The number of carbonyl (C=O) groups is 1. The molecule has 0 aliphatic rings. The summed E-state index contributed by atoms with van der Waals surface area (Å²) in [6.45, 7) is 5.00. The van der Waals surface area contributed by atoms with Gasteiger partial charge in [-0.2, -0.15) is 0 Å². The molecule has 0 fully saturated rings. The number of hydrogen-bond acceptors (Lipinski definition) is 5. The van der Waals surface area contributed by atoms with Crippen LogP contribution in [0.15, 0.2) is 6.33 Å². The maximum Gasteiger partial charge on any atom is 0.237 e. The molecule has 0 saturated carbocycles. The van der Waals surface area contributed by atoms with E-state index in [4.69, 9.17) is 5.73 Å². The zero-order valence-corrected chi connectivity index (χ0v) is 9.63. The van der Waals surface area contributed by atoms with Crippen LogP contribution in [0.4, 0.5) is 0 Å². The second-order valence-corrected chi connectivity index (χ2v) is 3.78. The van der Waals surface area contributed by atoms with Gasteiger partial charge in [0.05, 0.1) is 12.6 Å². The van der Waals surface area contributed by atoms with Crippen molar-refractivity contribution in [1.29, 1.82) is 0 Å². The predicted octanol–water partition coefficient (Wildman–Crippen LogP) is -0.837. The Morgan fingerprint density at radius 3 is 2.94 bits per heavy atom. The molecular weight excluding hydrogens is 208 g/mol. The maximum atomic E-state index is 11.6. The fraction of sp³-hybridized carbons (Fsp3) is 0.778. The first-order valence-corrected chi connectivity index (χ1v) is 5.39. The van der Waals surface area contributed by atoms with E-state index in [1.807, 2.05) is 13.8 Å². The highest BCUT2D eigenvalue weighted by atomic mass is 16.2. The first-order valence-electron chi connectivity index (χ1n) is 5.39. The van der Waals surface area contributed by atoms with Crippen molar-refractivity contribution in [2.45, 2.75) is 32.9 Å². The Hall–Kier alpha value is -1.50. The molecule has 0 spiro atoms. The summed E-state index contributed by atoms with van der Waals surface area (Å²) in [5, 5.41) is 13.4. The van der Waals surface area contributed by atoms with Crippen LogP contribution in [0.1, 0.15) is 20.3 Å². The molecule has 1 rings (SSSR count). The van der Waals surface area contributed by atoms with Gasteiger partial charge in [0.25, 0.3) is 0 Å². The summed E-state index contributed by atoms with van der Waals surface area (Å²) < 4.78 is 1.55. The number of nitrogens with zero attached hydrogens (tertiary/aromatic N) is 4. The van der Waals surface area contributed by atoms with Crippen LogP contribution in [0.3, 0.4) is 0 Å². The minimum atomic E-state index is -0.445. The number of hydrogen-bond donors (Lipinski definition) is 2. The summed E-state index contributed by atoms with van der Waals surface area (Å²) in [5.74, 6) is 0.0652. The molecule has 1 aromatic rings. The van der Waals surface area contributed by atoms with Gasteiger partial charge in [-0.3, -0.25) is 4.79 Å². The largest absolute Gasteiger partial charge is 0.353 e. The third-order valence-electron chi connectivity index (χ3n) is 2.59. The Kier molecular flexibility index (Phi) is 4.84. The van der Waals surface area contributed by atoms with Crippen LogP contribution in [0.2, 0.25) is 0 Å². The van der Waals surface area contributed by atoms with Gasteiger partial charge >= 0.3 is 0 Å². The molecule has 16 heavy (non-hydrogen) atoms. The Morgan fingerprint density at radius 1 is 1.62 bits per heavy atom. The van der Waals surface area contributed by atoms with E-state index >= 15 is 0 Å². The van der Waals surface area contributed by atoms with E-state index in [0.717, 1.165) is 6.42 Å². The second kappa shape index (κ2) is 6.16. The van der Waals surface area contributed by atoms with E-state index in [0.29, 0.717) is 13.1 Å². The standard InChI is InChI=1S/C9H18N6O/c1-3-7(2)8(10)9(16)11-4-5-15-6-12-13-14-15/h6-8H,3-5,10H2,1-2H3,(H,11,16)/t7?,8-/m0/s1. The van der Waals surface area contributed by atoms with E-state index in [-0.39, 0.29) is 11.8 Å². The Balaban J connectivity index is 2.24. The fourth-order valence-electron chi connectivity index (χ4n) is 1.21. The van der Waals surface area contributed by atoms with Crippen LogP contribution in [0, 0.1) is 5.92 Å². The third-order valence-corrected chi connectivity index (χ3v) is 2.59. The quantitative estimate of drug-likeness (QED) is 0.659. The molecule has 0 aliphatic heterocycles. The van der Waals surface area contributed by atoms with Gasteiger partial charge in [0.15, 0.2) is 0 Å². The molecule has 1 aromatic heterocycles. The monoisotopic (exact) mass is 226 g/mol. The van der Waals surface area contributed by atoms with Crippen LogP contribution < -0.4 is 11.1 Å². The highest BCUT2D eigenvalue weighted by molar-refractivity contribution is 5.81. The van der Waals surface area contributed by atoms with Gasteiger partial charge in [0.1, 0.15) is 6.33 Å². The molecule has 1 unspecified atom stereocenters. The molecule has 1 heterocycles. The second-order valence-electron chi connectivity index (χ2n) is 3.78. The smallest absolute Gasteiger partial charge is 0.237 e. The van der Waals surface area contributed by atoms with E-state index in [9.17, 15) is 4.79 Å². The minimum absolute atomic E-state index is 0.123. The lowest BCUT2D eigenvalue weighted by Crippen LogP contribution is -2.45. The number of carbonyl (C=O) groups excluding carboxylic acids is 1.